The molecule has 10 heteroatoms. The van der Waals surface area contributed by atoms with Gasteiger partial charge in [0.2, 0.25) is 10.0 Å². The number of carbonyl (C=O) groups is 2. The highest BCUT2D eigenvalue weighted by Crippen LogP contribution is 2.28. The fourth-order valence-electron chi connectivity index (χ4n) is 2.33. The summed E-state index contributed by atoms with van der Waals surface area (Å²) >= 11 is 0. The summed E-state index contributed by atoms with van der Waals surface area (Å²) < 4.78 is 46.5. The number of morpholine rings is 1. The summed E-state index contributed by atoms with van der Waals surface area (Å²) in [5.74, 6) is -1.24. The first-order valence-corrected chi connectivity index (χ1v) is 9.50. The van der Waals surface area contributed by atoms with E-state index in [-0.39, 0.29) is 23.7 Å². The molecule has 0 aromatic heterocycles. The van der Waals surface area contributed by atoms with Gasteiger partial charge in [-0.3, -0.25) is 0 Å². The predicted octanol–water partition coefficient (Wildman–Crippen LogP) is 0.446. The van der Waals surface area contributed by atoms with Crippen molar-refractivity contribution in [1.82, 2.24) is 4.31 Å². The van der Waals surface area contributed by atoms with Crippen molar-refractivity contribution in [2.75, 3.05) is 47.1 Å². The lowest BCUT2D eigenvalue weighted by Gasteiger charge is -2.26. The minimum atomic E-state index is -3.77. The van der Waals surface area contributed by atoms with Crippen molar-refractivity contribution in [3.05, 3.63) is 29.8 Å². The molecule has 1 aliphatic rings. The summed E-state index contributed by atoms with van der Waals surface area (Å²) in [5, 5.41) is 0. The number of carbonyl (C=O) groups excluding carboxylic acids is 2. The second kappa shape index (κ2) is 9.49. The van der Waals surface area contributed by atoms with Crippen LogP contribution in [-0.4, -0.2) is 71.8 Å². The maximum atomic E-state index is 12.9. The maximum Gasteiger partial charge on any atom is 0.344 e. The summed E-state index contributed by atoms with van der Waals surface area (Å²) in [7, 11) is -1.21. The SMILES string of the molecule is COC(=O)COC(=O)C=Cc1ccc(OC)c(S(=O)(=O)N2CCOCC2)c1. The summed E-state index contributed by atoms with van der Waals surface area (Å²) in [5.41, 5.74) is 0.456. The van der Waals surface area contributed by atoms with Gasteiger partial charge in [-0.15, -0.1) is 0 Å². The molecule has 0 unspecified atom stereocenters. The van der Waals surface area contributed by atoms with Gasteiger partial charge in [0, 0.05) is 19.2 Å². The number of hydrogen-bond donors (Lipinski definition) is 0. The molecule has 1 saturated heterocycles. The zero-order chi connectivity index (χ0) is 19.9. The molecule has 0 N–H and O–H groups in total. The summed E-state index contributed by atoms with van der Waals surface area (Å²) in [4.78, 5) is 22.6. The van der Waals surface area contributed by atoms with Gasteiger partial charge in [0.15, 0.2) is 6.61 Å². The number of nitrogens with zero attached hydrogens (tertiary/aromatic N) is 1. The van der Waals surface area contributed by atoms with Crippen molar-refractivity contribution in [1.29, 1.82) is 0 Å². The van der Waals surface area contributed by atoms with Gasteiger partial charge in [0.25, 0.3) is 0 Å². The second-order valence-corrected chi connectivity index (χ2v) is 7.35. The van der Waals surface area contributed by atoms with E-state index in [0.29, 0.717) is 18.8 Å². The normalized spacial score (nSPS) is 15.5. The van der Waals surface area contributed by atoms with Crippen LogP contribution in [0.2, 0.25) is 0 Å². The van der Waals surface area contributed by atoms with Crippen LogP contribution in [0.25, 0.3) is 6.08 Å². The number of methoxy groups -OCH3 is 2. The summed E-state index contributed by atoms with van der Waals surface area (Å²) in [6.45, 7) is 0.663. The summed E-state index contributed by atoms with van der Waals surface area (Å²) in [6.07, 6.45) is 2.48. The van der Waals surface area contributed by atoms with E-state index < -0.39 is 28.6 Å². The lowest BCUT2D eigenvalue weighted by molar-refractivity contribution is -0.154. The molecule has 1 aliphatic heterocycles. The lowest BCUT2D eigenvalue weighted by Crippen LogP contribution is -2.40. The van der Waals surface area contributed by atoms with Gasteiger partial charge in [-0.05, 0) is 23.8 Å². The van der Waals surface area contributed by atoms with E-state index in [9.17, 15) is 18.0 Å². The first-order chi connectivity index (χ1) is 12.9. The quantitative estimate of drug-likeness (QED) is 0.480. The Morgan fingerprint density at radius 2 is 1.93 bits per heavy atom. The minimum absolute atomic E-state index is 0.00280. The third kappa shape index (κ3) is 5.52. The number of ether oxygens (including phenoxy) is 4. The molecule has 0 bridgehead atoms. The number of sulfonamides is 1. The van der Waals surface area contributed by atoms with Crippen LogP contribution >= 0.6 is 0 Å². The smallest absolute Gasteiger partial charge is 0.344 e. The molecule has 9 nitrogen and oxygen atoms in total. The lowest BCUT2D eigenvalue weighted by atomic mass is 10.2. The molecule has 0 atom stereocenters. The molecule has 0 spiro atoms. The van der Waals surface area contributed by atoms with Gasteiger partial charge < -0.3 is 18.9 Å². The first kappa shape index (κ1) is 20.9. The average molecular weight is 399 g/mol. The minimum Gasteiger partial charge on any atom is -0.495 e. The standard InChI is InChI=1S/C17H21NO8S/c1-23-14-5-3-13(4-6-16(19)26-12-17(20)24-2)11-15(14)27(21,22)18-7-9-25-10-8-18/h3-6,11H,7-10,12H2,1-2H3. The molecule has 27 heavy (non-hydrogen) atoms. The summed E-state index contributed by atoms with van der Waals surface area (Å²) in [6, 6.07) is 4.52. The van der Waals surface area contributed by atoms with Gasteiger partial charge in [-0.25, -0.2) is 18.0 Å². The van der Waals surface area contributed by atoms with Crippen molar-refractivity contribution in [3.8, 4) is 5.75 Å². The van der Waals surface area contributed by atoms with Crippen LogP contribution in [0.1, 0.15) is 5.56 Å². The topological polar surface area (TPSA) is 108 Å². The van der Waals surface area contributed by atoms with E-state index in [1.54, 1.807) is 6.07 Å². The molecule has 0 radical (unpaired) electrons. The van der Waals surface area contributed by atoms with Crippen LogP contribution in [0.15, 0.2) is 29.2 Å². The Kier molecular flexibility index (Phi) is 7.34. The van der Waals surface area contributed by atoms with Crippen molar-refractivity contribution >= 4 is 28.0 Å². The molecular weight excluding hydrogens is 378 g/mol. The Bertz CT molecular complexity index is 812. The Morgan fingerprint density at radius 1 is 1.22 bits per heavy atom. The highest BCUT2D eigenvalue weighted by molar-refractivity contribution is 7.89. The van der Waals surface area contributed by atoms with E-state index in [2.05, 4.69) is 9.47 Å². The number of hydrogen-bond acceptors (Lipinski definition) is 8. The van der Waals surface area contributed by atoms with E-state index in [1.165, 1.54) is 36.7 Å². The maximum absolute atomic E-state index is 12.9. The third-order valence-electron chi connectivity index (χ3n) is 3.75. The fraction of sp³-hybridized carbons (Fsp3) is 0.412. The number of benzene rings is 1. The van der Waals surface area contributed by atoms with Gasteiger partial charge >= 0.3 is 11.9 Å². The largest absolute Gasteiger partial charge is 0.495 e. The van der Waals surface area contributed by atoms with Crippen LogP contribution in [0.5, 0.6) is 5.75 Å². The zero-order valence-electron chi connectivity index (χ0n) is 15.0. The van der Waals surface area contributed by atoms with Crippen LogP contribution in [0.4, 0.5) is 0 Å². The second-order valence-electron chi connectivity index (χ2n) is 5.44. The predicted molar refractivity (Wildman–Crippen MR) is 94.6 cm³/mol. The number of esters is 2. The molecule has 0 amide bonds. The average Bonchev–Trinajstić information content (AvgIpc) is 2.70. The third-order valence-corrected chi connectivity index (χ3v) is 5.67. The molecule has 148 valence electrons. The Balaban J connectivity index is 2.20. The van der Waals surface area contributed by atoms with E-state index in [4.69, 9.17) is 9.47 Å². The molecule has 1 aromatic carbocycles. The highest BCUT2D eigenvalue weighted by atomic mass is 32.2. The van der Waals surface area contributed by atoms with E-state index in [0.717, 1.165) is 6.08 Å². The zero-order valence-corrected chi connectivity index (χ0v) is 15.9. The van der Waals surface area contributed by atoms with Crippen molar-refractivity contribution < 1.29 is 37.0 Å². The monoisotopic (exact) mass is 399 g/mol. The van der Waals surface area contributed by atoms with Gasteiger partial charge in [-0.1, -0.05) is 6.07 Å². The molecule has 2 rings (SSSR count). The Morgan fingerprint density at radius 3 is 2.56 bits per heavy atom. The van der Waals surface area contributed by atoms with E-state index >= 15 is 0 Å². The van der Waals surface area contributed by atoms with Crippen LogP contribution in [0, 0.1) is 0 Å². The molecular formula is C17H21NO8S. The van der Waals surface area contributed by atoms with Crippen molar-refractivity contribution in [2.24, 2.45) is 0 Å². The van der Waals surface area contributed by atoms with E-state index in [1.807, 2.05) is 0 Å². The molecule has 0 saturated carbocycles. The van der Waals surface area contributed by atoms with Crippen molar-refractivity contribution in [3.63, 3.8) is 0 Å². The van der Waals surface area contributed by atoms with Gasteiger partial charge in [0.05, 0.1) is 27.4 Å². The number of rotatable bonds is 7. The Labute approximate surface area is 157 Å². The van der Waals surface area contributed by atoms with Crippen LogP contribution < -0.4 is 4.74 Å². The van der Waals surface area contributed by atoms with Gasteiger partial charge in [0.1, 0.15) is 10.6 Å². The Hall–Kier alpha value is -2.43. The first-order valence-electron chi connectivity index (χ1n) is 8.06. The highest BCUT2D eigenvalue weighted by Gasteiger charge is 2.29. The molecule has 1 fully saturated rings. The van der Waals surface area contributed by atoms with Crippen molar-refractivity contribution in [2.45, 2.75) is 4.90 Å². The van der Waals surface area contributed by atoms with Gasteiger partial charge in [-0.2, -0.15) is 4.31 Å². The fourth-order valence-corrected chi connectivity index (χ4v) is 3.92. The molecule has 1 aromatic rings. The molecule has 1 heterocycles. The van der Waals surface area contributed by atoms with Crippen LogP contribution in [0.3, 0.4) is 0 Å². The van der Waals surface area contributed by atoms with Crippen LogP contribution in [-0.2, 0) is 33.8 Å². The molecule has 0 aliphatic carbocycles.